The van der Waals surface area contributed by atoms with Crippen molar-refractivity contribution in [1.82, 2.24) is 19.2 Å². The molecule has 0 aliphatic carbocycles. The molecule has 0 N–H and O–H groups in total. The molecule has 0 saturated heterocycles. The van der Waals surface area contributed by atoms with Crippen LogP contribution in [-0.4, -0.2) is 33.4 Å². The lowest BCUT2D eigenvalue weighted by Gasteiger charge is -2.10. The van der Waals surface area contributed by atoms with Crippen molar-refractivity contribution < 1.29 is 18.6 Å². The van der Waals surface area contributed by atoms with Gasteiger partial charge in [0.1, 0.15) is 29.4 Å². The Balaban J connectivity index is 1.31. The Hall–Kier alpha value is -4.24. The normalized spacial score (nSPS) is 11.4. The van der Waals surface area contributed by atoms with E-state index in [2.05, 4.69) is 40.5 Å². The van der Waals surface area contributed by atoms with Gasteiger partial charge in [-0.25, -0.2) is 9.50 Å². The number of benzene rings is 2. The van der Waals surface area contributed by atoms with Gasteiger partial charge in [-0.1, -0.05) is 18.2 Å². The molecule has 0 radical (unpaired) electrons. The van der Waals surface area contributed by atoms with Crippen LogP contribution in [0, 0.1) is 0 Å². The molecule has 0 bridgehead atoms. The summed E-state index contributed by atoms with van der Waals surface area (Å²) >= 11 is 1.37. The van der Waals surface area contributed by atoms with Crippen molar-refractivity contribution in [3.8, 4) is 39.3 Å². The highest BCUT2D eigenvalue weighted by atomic mass is 32.1. The van der Waals surface area contributed by atoms with Crippen LogP contribution in [0.4, 0.5) is 0 Å². The molecular weight excluding hydrogens is 464 g/mol. The summed E-state index contributed by atoms with van der Waals surface area (Å²) in [6.45, 7) is 0.410. The fourth-order valence-electron chi connectivity index (χ4n) is 4.01. The Kier molecular flexibility index (Phi) is 5.18. The number of hydrogen-bond acceptors (Lipinski definition) is 7. The molecule has 0 amide bonds. The quantitative estimate of drug-likeness (QED) is 0.284. The molecule has 6 aromatic rings. The minimum atomic E-state index is 0.410. The molecule has 9 heteroatoms. The number of rotatable bonds is 7. The second-order valence-corrected chi connectivity index (χ2v) is 9.05. The molecule has 4 heterocycles. The highest BCUT2D eigenvalue weighted by Crippen LogP contribution is 2.37. The molecule has 0 spiro atoms. The van der Waals surface area contributed by atoms with E-state index in [1.165, 1.54) is 16.9 Å². The highest BCUT2D eigenvalue weighted by molar-refractivity contribution is 7.18. The predicted octanol–water partition coefficient (Wildman–Crippen LogP) is 5.81. The van der Waals surface area contributed by atoms with Crippen LogP contribution in [0.3, 0.4) is 0 Å². The van der Waals surface area contributed by atoms with Gasteiger partial charge < -0.3 is 23.2 Å². The summed E-state index contributed by atoms with van der Waals surface area (Å²) in [7, 11) is 5.23. The number of hydrogen-bond donors (Lipinski definition) is 0. The van der Waals surface area contributed by atoms with Crippen molar-refractivity contribution in [3.05, 3.63) is 72.7 Å². The molecule has 0 aliphatic heterocycles. The van der Waals surface area contributed by atoms with Crippen LogP contribution in [0.5, 0.6) is 16.7 Å². The smallest absolute Gasteiger partial charge is 0.294 e. The van der Waals surface area contributed by atoms with Crippen molar-refractivity contribution in [2.75, 3.05) is 14.2 Å². The molecule has 4 aromatic heterocycles. The number of fused-ring (bicyclic) bond motifs is 2. The maximum Gasteiger partial charge on any atom is 0.294 e. The summed E-state index contributed by atoms with van der Waals surface area (Å²) in [5, 5.41) is 5.74. The van der Waals surface area contributed by atoms with Crippen LogP contribution in [0.25, 0.3) is 38.5 Å². The van der Waals surface area contributed by atoms with Gasteiger partial charge in [-0.2, -0.15) is 0 Å². The molecule has 0 aliphatic rings. The third kappa shape index (κ3) is 4.00. The van der Waals surface area contributed by atoms with Crippen LogP contribution >= 0.6 is 11.3 Å². The van der Waals surface area contributed by atoms with Gasteiger partial charge in [-0.15, -0.1) is 5.10 Å². The maximum absolute atomic E-state index is 6.27. The molecule has 176 valence electrons. The average Bonchev–Trinajstić information content (AvgIpc) is 3.64. The zero-order valence-corrected chi connectivity index (χ0v) is 20.2. The van der Waals surface area contributed by atoms with Gasteiger partial charge in [-0.3, -0.25) is 0 Å². The lowest BCUT2D eigenvalue weighted by atomic mass is 10.1. The molecule has 6 rings (SSSR count). The van der Waals surface area contributed by atoms with Gasteiger partial charge in [0, 0.05) is 31.6 Å². The van der Waals surface area contributed by atoms with Crippen molar-refractivity contribution >= 4 is 27.3 Å². The fourth-order valence-corrected chi connectivity index (χ4v) is 4.70. The third-order valence-electron chi connectivity index (χ3n) is 5.75. The van der Waals surface area contributed by atoms with E-state index >= 15 is 0 Å². The molecule has 8 nitrogen and oxygen atoms in total. The Morgan fingerprint density at radius 1 is 1.00 bits per heavy atom. The molecule has 0 saturated carbocycles. The fraction of sp³-hybridized carbons (Fsp3) is 0.154. The van der Waals surface area contributed by atoms with Crippen molar-refractivity contribution in [2.24, 2.45) is 7.05 Å². The molecular formula is C26H22N4O4S. The summed E-state index contributed by atoms with van der Waals surface area (Å²) in [6.07, 6.45) is 5.96. The SMILES string of the molecule is COc1cc(OCc2cccc(-c3ccn(C)c3)c2)c2cc(-c3cn4nc(OC)sc4n3)oc2c1. The van der Waals surface area contributed by atoms with Crippen LogP contribution < -0.4 is 14.2 Å². The topological polar surface area (TPSA) is 76.0 Å². The number of furan rings is 1. The number of aryl methyl sites for hydroxylation is 1. The first-order valence-electron chi connectivity index (χ1n) is 11.0. The lowest BCUT2D eigenvalue weighted by molar-refractivity contribution is 0.307. The van der Waals surface area contributed by atoms with Gasteiger partial charge in [0.2, 0.25) is 4.96 Å². The van der Waals surface area contributed by atoms with E-state index in [-0.39, 0.29) is 0 Å². The first-order valence-corrected chi connectivity index (χ1v) is 11.8. The molecule has 35 heavy (non-hydrogen) atoms. The largest absolute Gasteiger partial charge is 0.496 e. The minimum absolute atomic E-state index is 0.410. The Bertz CT molecular complexity index is 1630. The minimum Gasteiger partial charge on any atom is -0.496 e. The average molecular weight is 487 g/mol. The Morgan fingerprint density at radius 3 is 2.69 bits per heavy atom. The lowest BCUT2D eigenvalue weighted by Crippen LogP contribution is -1.96. The zero-order valence-electron chi connectivity index (χ0n) is 19.4. The number of methoxy groups -OCH3 is 2. The van der Waals surface area contributed by atoms with E-state index in [9.17, 15) is 0 Å². The van der Waals surface area contributed by atoms with E-state index < -0.39 is 0 Å². The molecule has 0 atom stereocenters. The number of aromatic nitrogens is 4. The van der Waals surface area contributed by atoms with Crippen LogP contribution in [0.15, 0.2) is 71.5 Å². The van der Waals surface area contributed by atoms with Crippen molar-refractivity contribution in [2.45, 2.75) is 6.61 Å². The molecule has 0 fully saturated rings. The van der Waals surface area contributed by atoms with Gasteiger partial charge in [0.25, 0.3) is 5.19 Å². The number of ether oxygens (including phenoxy) is 3. The van der Waals surface area contributed by atoms with Crippen LogP contribution in [0.2, 0.25) is 0 Å². The summed E-state index contributed by atoms with van der Waals surface area (Å²) in [6, 6.07) is 16.1. The van der Waals surface area contributed by atoms with Crippen molar-refractivity contribution in [3.63, 3.8) is 0 Å². The summed E-state index contributed by atoms with van der Waals surface area (Å²) in [5.74, 6) is 1.96. The maximum atomic E-state index is 6.27. The second-order valence-electron chi connectivity index (χ2n) is 8.13. The first kappa shape index (κ1) is 21.3. The Morgan fingerprint density at radius 2 is 1.91 bits per heavy atom. The second kappa shape index (κ2) is 8.52. The zero-order chi connectivity index (χ0) is 23.9. The van der Waals surface area contributed by atoms with Crippen LogP contribution in [0.1, 0.15) is 5.56 Å². The number of imidazole rings is 1. The molecule has 2 aromatic carbocycles. The van der Waals surface area contributed by atoms with E-state index in [0.717, 1.165) is 21.5 Å². The van der Waals surface area contributed by atoms with E-state index in [1.807, 2.05) is 48.3 Å². The summed E-state index contributed by atoms with van der Waals surface area (Å²) < 4.78 is 26.8. The monoisotopic (exact) mass is 486 g/mol. The van der Waals surface area contributed by atoms with E-state index in [0.29, 0.717) is 40.3 Å². The van der Waals surface area contributed by atoms with Gasteiger partial charge >= 0.3 is 0 Å². The van der Waals surface area contributed by atoms with Gasteiger partial charge in [-0.05, 0) is 46.2 Å². The third-order valence-corrected chi connectivity index (χ3v) is 6.63. The first-order chi connectivity index (χ1) is 17.1. The van der Waals surface area contributed by atoms with Crippen molar-refractivity contribution in [1.29, 1.82) is 0 Å². The number of nitrogens with zero attached hydrogens (tertiary/aromatic N) is 4. The van der Waals surface area contributed by atoms with E-state index in [1.54, 1.807) is 18.7 Å². The standard InChI is InChI=1S/C26H22N4O4S/c1-29-8-7-18(13-29)17-6-4-5-16(9-17)15-33-22-10-19(31-2)11-23-20(22)12-24(34-23)21-14-30-25(27-21)35-26(28-30)32-3/h4-14H,15H2,1-3H3. The van der Waals surface area contributed by atoms with Gasteiger partial charge in [0.15, 0.2) is 5.76 Å². The van der Waals surface area contributed by atoms with Crippen LogP contribution in [-0.2, 0) is 13.7 Å². The van der Waals surface area contributed by atoms with E-state index in [4.69, 9.17) is 18.6 Å². The van der Waals surface area contributed by atoms with Gasteiger partial charge in [0.05, 0.1) is 25.8 Å². The summed E-state index contributed by atoms with van der Waals surface area (Å²) in [5.41, 5.74) is 4.74. The highest BCUT2D eigenvalue weighted by Gasteiger charge is 2.17. The predicted molar refractivity (Wildman–Crippen MR) is 134 cm³/mol. The molecule has 0 unspecified atom stereocenters. The Labute approximate surface area is 204 Å². The summed E-state index contributed by atoms with van der Waals surface area (Å²) in [4.78, 5) is 5.35.